The van der Waals surface area contributed by atoms with Crippen molar-refractivity contribution in [2.75, 3.05) is 0 Å². The molecule has 0 aromatic heterocycles. The summed E-state index contributed by atoms with van der Waals surface area (Å²) in [5.41, 5.74) is 2.53. The van der Waals surface area contributed by atoms with Gasteiger partial charge in [-0.3, -0.25) is 0 Å². The lowest BCUT2D eigenvalue weighted by Gasteiger charge is -2.13. The maximum Gasteiger partial charge on any atom is 0.123 e. The van der Waals surface area contributed by atoms with Gasteiger partial charge in [0.15, 0.2) is 0 Å². The predicted octanol–water partition coefficient (Wildman–Crippen LogP) is 5.99. The van der Waals surface area contributed by atoms with Crippen LogP contribution in [0.1, 0.15) is 22.1 Å². The fourth-order valence-corrected chi connectivity index (χ4v) is 3.09. The first-order valence-corrected chi connectivity index (χ1v) is 7.36. The molecule has 0 saturated heterocycles. The molecule has 0 bridgehead atoms. The molecule has 0 aliphatic carbocycles. The third kappa shape index (κ3) is 3.14. The van der Waals surface area contributed by atoms with E-state index in [4.69, 9.17) is 11.6 Å². The van der Waals surface area contributed by atoms with Gasteiger partial charge in [0.1, 0.15) is 5.82 Å². The zero-order valence-corrected chi connectivity index (χ0v) is 13.5. The molecule has 0 spiro atoms. The summed E-state index contributed by atoms with van der Waals surface area (Å²) < 4.78 is 15.3. The molecule has 0 aliphatic rings. The molecule has 0 radical (unpaired) electrons. The number of halogens is 4. The van der Waals surface area contributed by atoms with Crippen molar-refractivity contribution in [1.82, 2.24) is 0 Å². The lowest BCUT2D eigenvalue weighted by atomic mass is 10.0. The Morgan fingerprint density at radius 1 is 1.11 bits per heavy atom. The molecule has 0 amide bonds. The summed E-state index contributed by atoms with van der Waals surface area (Å²) in [4.78, 5) is 0. The van der Waals surface area contributed by atoms with Gasteiger partial charge in [0.05, 0.1) is 5.38 Å². The van der Waals surface area contributed by atoms with Crippen LogP contribution in [0.3, 0.4) is 0 Å². The van der Waals surface area contributed by atoms with E-state index in [1.165, 1.54) is 12.1 Å². The third-order valence-electron chi connectivity index (χ3n) is 2.59. The van der Waals surface area contributed by atoms with Crippen LogP contribution in [-0.2, 0) is 0 Å². The smallest absolute Gasteiger partial charge is 0.123 e. The summed E-state index contributed by atoms with van der Waals surface area (Å²) in [6.45, 7) is 1.85. The van der Waals surface area contributed by atoms with E-state index in [1.54, 1.807) is 0 Å². The molecule has 1 unspecified atom stereocenters. The zero-order valence-electron chi connectivity index (χ0n) is 9.55. The van der Waals surface area contributed by atoms with E-state index in [2.05, 4.69) is 31.9 Å². The molecule has 0 fully saturated rings. The van der Waals surface area contributed by atoms with Crippen molar-refractivity contribution in [2.45, 2.75) is 12.3 Å². The first-order chi connectivity index (χ1) is 8.47. The van der Waals surface area contributed by atoms with E-state index in [0.717, 1.165) is 25.6 Å². The predicted molar refractivity (Wildman–Crippen MR) is 80.7 cm³/mol. The van der Waals surface area contributed by atoms with E-state index in [-0.39, 0.29) is 11.2 Å². The van der Waals surface area contributed by atoms with Crippen LogP contribution >= 0.6 is 43.5 Å². The molecule has 2 aromatic carbocycles. The number of rotatable bonds is 2. The molecule has 0 nitrogen and oxygen atoms in total. The van der Waals surface area contributed by atoms with Crippen LogP contribution in [0, 0.1) is 12.7 Å². The molecule has 2 rings (SSSR count). The highest BCUT2D eigenvalue weighted by molar-refractivity contribution is 9.11. The number of alkyl halides is 1. The molecule has 1 atom stereocenters. The van der Waals surface area contributed by atoms with E-state index >= 15 is 0 Å². The molecule has 0 saturated carbocycles. The lowest BCUT2D eigenvalue weighted by Crippen LogP contribution is -1.96. The summed E-state index contributed by atoms with van der Waals surface area (Å²) in [6.07, 6.45) is 0. The summed E-state index contributed by atoms with van der Waals surface area (Å²) >= 11 is 13.3. The van der Waals surface area contributed by atoms with Crippen LogP contribution in [0.4, 0.5) is 4.39 Å². The molecule has 2 aromatic rings. The SMILES string of the molecule is Cc1cc(F)cc(C(Cl)c2cc(Br)ccc2Br)c1. The van der Waals surface area contributed by atoms with Crippen molar-refractivity contribution in [2.24, 2.45) is 0 Å². The van der Waals surface area contributed by atoms with Crippen LogP contribution in [0.15, 0.2) is 45.3 Å². The van der Waals surface area contributed by atoms with Gasteiger partial charge in [-0.1, -0.05) is 37.9 Å². The Bertz CT molecular complexity index is 564. The van der Waals surface area contributed by atoms with Gasteiger partial charge in [-0.15, -0.1) is 11.6 Å². The first-order valence-electron chi connectivity index (χ1n) is 5.33. The molecular formula is C14H10Br2ClF. The maximum atomic E-state index is 13.4. The van der Waals surface area contributed by atoms with E-state index < -0.39 is 0 Å². The average Bonchev–Trinajstić information content (AvgIpc) is 2.30. The van der Waals surface area contributed by atoms with Crippen molar-refractivity contribution in [3.63, 3.8) is 0 Å². The third-order valence-corrected chi connectivity index (χ3v) is 4.29. The van der Waals surface area contributed by atoms with E-state index in [9.17, 15) is 4.39 Å². The largest absolute Gasteiger partial charge is 0.207 e. The van der Waals surface area contributed by atoms with E-state index in [1.807, 2.05) is 31.2 Å². The van der Waals surface area contributed by atoms with Crippen LogP contribution in [0.25, 0.3) is 0 Å². The Labute approximate surface area is 127 Å². The number of hydrogen-bond donors (Lipinski definition) is 0. The van der Waals surface area contributed by atoms with Gasteiger partial charge < -0.3 is 0 Å². The van der Waals surface area contributed by atoms with Gasteiger partial charge in [0.2, 0.25) is 0 Å². The highest BCUT2D eigenvalue weighted by Crippen LogP contribution is 2.35. The summed E-state index contributed by atoms with van der Waals surface area (Å²) in [7, 11) is 0. The summed E-state index contributed by atoms with van der Waals surface area (Å²) in [6, 6.07) is 10.6. The molecular weight excluding hydrogens is 382 g/mol. The van der Waals surface area contributed by atoms with Gasteiger partial charge >= 0.3 is 0 Å². The fourth-order valence-electron chi connectivity index (χ4n) is 1.80. The monoisotopic (exact) mass is 390 g/mol. The van der Waals surface area contributed by atoms with Crippen LogP contribution < -0.4 is 0 Å². The summed E-state index contributed by atoms with van der Waals surface area (Å²) in [5, 5.41) is -0.383. The van der Waals surface area contributed by atoms with Crippen molar-refractivity contribution >= 4 is 43.5 Å². The molecule has 0 N–H and O–H groups in total. The quantitative estimate of drug-likeness (QED) is 0.551. The normalized spacial score (nSPS) is 12.5. The fraction of sp³-hybridized carbons (Fsp3) is 0.143. The van der Waals surface area contributed by atoms with Gasteiger partial charge in [-0.2, -0.15) is 0 Å². The Morgan fingerprint density at radius 2 is 1.83 bits per heavy atom. The van der Waals surface area contributed by atoms with Gasteiger partial charge in [-0.05, 0) is 53.9 Å². The number of hydrogen-bond acceptors (Lipinski definition) is 0. The first kappa shape index (κ1) is 14.0. The Hall–Kier alpha value is -0.380. The lowest BCUT2D eigenvalue weighted by molar-refractivity contribution is 0.624. The van der Waals surface area contributed by atoms with Crippen molar-refractivity contribution in [3.05, 3.63) is 67.9 Å². The van der Waals surface area contributed by atoms with Gasteiger partial charge in [0.25, 0.3) is 0 Å². The van der Waals surface area contributed by atoms with Crippen molar-refractivity contribution < 1.29 is 4.39 Å². The number of aryl methyl sites for hydroxylation is 1. The zero-order chi connectivity index (χ0) is 13.3. The molecule has 0 heterocycles. The molecule has 94 valence electrons. The van der Waals surface area contributed by atoms with Crippen LogP contribution in [0.5, 0.6) is 0 Å². The topological polar surface area (TPSA) is 0 Å². The highest BCUT2D eigenvalue weighted by atomic mass is 79.9. The standard InChI is InChI=1S/C14H10Br2ClF/c1-8-4-9(6-11(18)5-8)14(17)12-7-10(15)2-3-13(12)16/h2-7,14H,1H3. The average molecular weight is 392 g/mol. The van der Waals surface area contributed by atoms with Crippen LogP contribution in [-0.4, -0.2) is 0 Å². The second kappa shape index (κ2) is 5.72. The maximum absolute atomic E-state index is 13.4. The second-order valence-corrected chi connectivity index (χ2v) is 6.30. The second-order valence-electron chi connectivity index (χ2n) is 4.09. The van der Waals surface area contributed by atoms with E-state index in [0.29, 0.717) is 0 Å². The van der Waals surface area contributed by atoms with Crippen molar-refractivity contribution in [3.8, 4) is 0 Å². The number of benzene rings is 2. The molecule has 0 aliphatic heterocycles. The Balaban J connectivity index is 2.47. The summed E-state index contributed by atoms with van der Waals surface area (Å²) in [5.74, 6) is -0.262. The van der Waals surface area contributed by atoms with Crippen LogP contribution in [0.2, 0.25) is 0 Å². The van der Waals surface area contributed by atoms with Gasteiger partial charge in [0, 0.05) is 8.95 Å². The molecule has 4 heteroatoms. The van der Waals surface area contributed by atoms with Crippen molar-refractivity contribution in [1.29, 1.82) is 0 Å². The Morgan fingerprint density at radius 3 is 2.50 bits per heavy atom. The molecule has 18 heavy (non-hydrogen) atoms. The minimum Gasteiger partial charge on any atom is -0.207 e. The minimum absolute atomic E-state index is 0.262. The highest BCUT2D eigenvalue weighted by Gasteiger charge is 2.15. The minimum atomic E-state index is -0.383. The van der Waals surface area contributed by atoms with Gasteiger partial charge in [-0.25, -0.2) is 4.39 Å². The Kier molecular flexibility index (Phi) is 4.46.